The van der Waals surface area contributed by atoms with Crippen LogP contribution in [-0.4, -0.2) is 30.0 Å². The normalized spacial score (nSPS) is 10.9. The van der Waals surface area contributed by atoms with Gasteiger partial charge in [-0.1, -0.05) is 6.07 Å². The third-order valence-electron chi connectivity index (χ3n) is 3.15. The van der Waals surface area contributed by atoms with Crippen molar-refractivity contribution in [2.24, 2.45) is 0 Å². The lowest BCUT2D eigenvalue weighted by atomic mass is 10.2. The van der Waals surface area contributed by atoms with Gasteiger partial charge in [0.05, 0.1) is 11.2 Å². The second-order valence-corrected chi connectivity index (χ2v) is 5.39. The van der Waals surface area contributed by atoms with Gasteiger partial charge in [0.25, 0.3) is 0 Å². The van der Waals surface area contributed by atoms with Crippen molar-refractivity contribution in [2.75, 3.05) is 0 Å². The number of rotatable bonds is 2. The van der Waals surface area contributed by atoms with E-state index in [0.717, 1.165) is 11.3 Å². The van der Waals surface area contributed by atoms with Crippen LogP contribution < -0.4 is 0 Å². The maximum Gasteiger partial charge on any atom is 0.233 e. The van der Waals surface area contributed by atoms with Gasteiger partial charge in [-0.3, -0.25) is 4.98 Å². The molecule has 7 heteroatoms. The maximum absolute atomic E-state index is 10.2. The Labute approximate surface area is 129 Å². The third kappa shape index (κ3) is 2.08. The highest BCUT2D eigenvalue weighted by atomic mass is 32.1. The molecule has 0 radical (unpaired) electrons. The number of pyridine rings is 1. The van der Waals surface area contributed by atoms with Crippen molar-refractivity contribution in [3.05, 3.63) is 48.4 Å². The molecule has 0 atom stereocenters. The molecule has 0 aromatic carbocycles. The van der Waals surface area contributed by atoms with E-state index >= 15 is 0 Å². The molecule has 6 nitrogen and oxygen atoms in total. The van der Waals surface area contributed by atoms with Crippen LogP contribution in [0.1, 0.15) is 0 Å². The Morgan fingerprint density at radius 1 is 0.955 bits per heavy atom. The van der Waals surface area contributed by atoms with E-state index < -0.39 is 0 Å². The number of aromatic hydroxyl groups is 1. The molecular weight excluding hydrogens is 298 g/mol. The minimum absolute atomic E-state index is 0.0502. The number of hydrogen-bond acceptors (Lipinski definition) is 7. The van der Waals surface area contributed by atoms with Gasteiger partial charge in [0, 0.05) is 23.3 Å². The summed E-state index contributed by atoms with van der Waals surface area (Å²) in [5, 5.41) is 12.1. The Bertz CT molecular complexity index is 940. The zero-order chi connectivity index (χ0) is 14.9. The molecule has 4 heterocycles. The van der Waals surface area contributed by atoms with Gasteiger partial charge in [-0.05, 0) is 18.2 Å². The summed E-state index contributed by atoms with van der Waals surface area (Å²) >= 11 is 1.39. The average molecular weight is 307 g/mol. The number of thiophene rings is 1. The molecule has 0 aliphatic rings. The molecule has 4 rings (SSSR count). The van der Waals surface area contributed by atoms with E-state index in [1.165, 1.54) is 17.7 Å². The lowest BCUT2D eigenvalue weighted by Gasteiger charge is -2.02. The Hall–Kier alpha value is -2.93. The van der Waals surface area contributed by atoms with Gasteiger partial charge in [-0.25, -0.2) is 15.0 Å². The average Bonchev–Trinajstić information content (AvgIpc) is 3.01. The van der Waals surface area contributed by atoms with E-state index in [2.05, 4.69) is 24.9 Å². The number of nitrogens with zero attached hydrogens (tertiary/aromatic N) is 5. The zero-order valence-electron chi connectivity index (χ0n) is 11.2. The van der Waals surface area contributed by atoms with E-state index in [-0.39, 0.29) is 5.88 Å². The molecule has 1 N–H and O–H groups in total. The molecule has 106 valence electrons. The molecule has 0 spiro atoms. The van der Waals surface area contributed by atoms with Crippen LogP contribution in [0.3, 0.4) is 0 Å². The second kappa shape index (κ2) is 5.12. The topological polar surface area (TPSA) is 84.7 Å². The standard InChI is InChI=1S/C15H9N5OS/c21-15-13-12(9(7-22-13)10-3-1-2-5-17-10)19-14(20-15)11-4-6-16-8-18-11/h1-8H,(H,19,20,21). The van der Waals surface area contributed by atoms with Gasteiger partial charge in [0.15, 0.2) is 5.82 Å². The summed E-state index contributed by atoms with van der Waals surface area (Å²) in [4.78, 5) is 21.0. The van der Waals surface area contributed by atoms with Crippen molar-refractivity contribution >= 4 is 21.6 Å². The van der Waals surface area contributed by atoms with E-state index in [1.54, 1.807) is 18.5 Å². The lowest BCUT2D eigenvalue weighted by molar-refractivity contribution is 0.461. The molecule has 4 aromatic rings. The first-order valence-corrected chi connectivity index (χ1v) is 7.37. The van der Waals surface area contributed by atoms with Crippen LogP contribution in [0, 0.1) is 0 Å². The molecule has 4 aromatic heterocycles. The predicted octanol–water partition coefficient (Wildman–Crippen LogP) is 2.92. The quantitative estimate of drug-likeness (QED) is 0.613. The zero-order valence-corrected chi connectivity index (χ0v) is 12.0. The predicted molar refractivity (Wildman–Crippen MR) is 83.3 cm³/mol. The summed E-state index contributed by atoms with van der Waals surface area (Å²) in [7, 11) is 0. The van der Waals surface area contributed by atoms with Crippen LogP contribution in [0.25, 0.3) is 33.0 Å². The van der Waals surface area contributed by atoms with E-state index in [4.69, 9.17) is 0 Å². The summed E-state index contributed by atoms with van der Waals surface area (Å²) < 4.78 is 0.637. The molecule has 0 aliphatic heterocycles. The number of aromatic nitrogens is 5. The molecule has 0 fully saturated rings. The van der Waals surface area contributed by atoms with Gasteiger partial charge in [-0.2, -0.15) is 4.98 Å². The summed E-state index contributed by atoms with van der Waals surface area (Å²) in [6, 6.07) is 7.38. The SMILES string of the molecule is Oc1nc(-c2ccncn2)nc2c(-c3ccccn3)csc12. The minimum atomic E-state index is -0.0502. The highest BCUT2D eigenvalue weighted by Crippen LogP contribution is 2.36. The molecular formula is C15H9N5OS. The van der Waals surface area contributed by atoms with Crippen molar-refractivity contribution in [1.82, 2.24) is 24.9 Å². The molecule has 0 unspecified atom stereocenters. The molecule has 0 saturated carbocycles. The van der Waals surface area contributed by atoms with Gasteiger partial charge in [-0.15, -0.1) is 11.3 Å². The van der Waals surface area contributed by atoms with Crippen LogP contribution in [0.5, 0.6) is 5.88 Å². The van der Waals surface area contributed by atoms with Crippen LogP contribution in [0.4, 0.5) is 0 Å². The molecule has 0 amide bonds. The summed E-state index contributed by atoms with van der Waals surface area (Å²) in [5.74, 6) is 0.314. The van der Waals surface area contributed by atoms with Gasteiger partial charge < -0.3 is 5.11 Å². The maximum atomic E-state index is 10.2. The third-order valence-corrected chi connectivity index (χ3v) is 4.11. The van der Waals surface area contributed by atoms with Crippen molar-refractivity contribution in [3.8, 4) is 28.7 Å². The largest absolute Gasteiger partial charge is 0.492 e. The first-order chi connectivity index (χ1) is 10.8. The summed E-state index contributed by atoms with van der Waals surface area (Å²) in [6.45, 7) is 0. The van der Waals surface area contributed by atoms with Crippen molar-refractivity contribution in [3.63, 3.8) is 0 Å². The molecule has 0 bridgehead atoms. The Morgan fingerprint density at radius 3 is 2.68 bits per heavy atom. The van der Waals surface area contributed by atoms with Gasteiger partial charge in [0.1, 0.15) is 16.7 Å². The van der Waals surface area contributed by atoms with E-state index in [0.29, 0.717) is 21.7 Å². The monoisotopic (exact) mass is 307 g/mol. The highest BCUT2D eigenvalue weighted by molar-refractivity contribution is 7.18. The Balaban J connectivity index is 1.97. The smallest absolute Gasteiger partial charge is 0.233 e. The molecule has 0 saturated heterocycles. The van der Waals surface area contributed by atoms with Crippen molar-refractivity contribution in [2.45, 2.75) is 0 Å². The van der Waals surface area contributed by atoms with Gasteiger partial charge >= 0.3 is 0 Å². The van der Waals surface area contributed by atoms with Crippen molar-refractivity contribution < 1.29 is 5.11 Å². The number of fused-ring (bicyclic) bond motifs is 1. The van der Waals surface area contributed by atoms with Crippen molar-refractivity contribution in [1.29, 1.82) is 0 Å². The van der Waals surface area contributed by atoms with Crippen LogP contribution >= 0.6 is 11.3 Å². The Morgan fingerprint density at radius 2 is 1.91 bits per heavy atom. The first kappa shape index (κ1) is 12.8. The fraction of sp³-hybridized carbons (Fsp3) is 0. The fourth-order valence-electron chi connectivity index (χ4n) is 2.14. The van der Waals surface area contributed by atoms with Crippen LogP contribution in [0.2, 0.25) is 0 Å². The highest BCUT2D eigenvalue weighted by Gasteiger charge is 2.16. The fourth-order valence-corrected chi connectivity index (χ4v) is 3.03. The minimum Gasteiger partial charge on any atom is -0.492 e. The summed E-state index contributed by atoms with van der Waals surface area (Å²) in [5.41, 5.74) is 2.91. The Kier molecular flexibility index (Phi) is 2.97. The molecule has 22 heavy (non-hydrogen) atoms. The number of hydrogen-bond donors (Lipinski definition) is 1. The van der Waals surface area contributed by atoms with Crippen LogP contribution in [0.15, 0.2) is 48.4 Å². The van der Waals surface area contributed by atoms with Crippen LogP contribution in [-0.2, 0) is 0 Å². The molecule has 0 aliphatic carbocycles. The second-order valence-electron chi connectivity index (χ2n) is 4.51. The summed E-state index contributed by atoms with van der Waals surface area (Å²) in [6.07, 6.45) is 4.76. The first-order valence-electron chi connectivity index (χ1n) is 6.49. The van der Waals surface area contributed by atoms with E-state index in [9.17, 15) is 5.11 Å². The van der Waals surface area contributed by atoms with Gasteiger partial charge in [0.2, 0.25) is 5.88 Å². The van der Waals surface area contributed by atoms with E-state index in [1.807, 2.05) is 23.6 Å². The lowest BCUT2D eigenvalue weighted by Crippen LogP contribution is -1.93.